The maximum Gasteiger partial charge on any atom is 0.254 e. The van der Waals surface area contributed by atoms with Crippen molar-refractivity contribution < 1.29 is 4.79 Å². The molecular formula is C15H21N3O. The smallest absolute Gasteiger partial charge is 0.254 e. The van der Waals surface area contributed by atoms with E-state index < -0.39 is 0 Å². The Morgan fingerprint density at radius 1 is 1.42 bits per heavy atom. The molecule has 0 bridgehead atoms. The van der Waals surface area contributed by atoms with Crippen LogP contribution in [0.5, 0.6) is 0 Å². The fourth-order valence-corrected chi connectivity index (χ4v) is 2.37. The molecule has 2 fully saturated rings. The third-order valence-electron chi connectivity index (χ3n) is 3.77. The molecule has 2 saturated carbocycles. The standard InChI is InChI=1S/C15H21N3O/c1-2-16-14-9-12(7-8-17-14)15(19)18(13-5-6-13)10-11-3-4-11/h7-9,11,13H,2-6,10H2,1H3,(H,16,17). The summed E-state index contributed by atoms with van der Waals surface area (Å²) in [6, 6.07) is 4.18. The molecule has 1 N–H and O–H groups in total. The molecule has 102 valence electrons. The molecule has 19 heavy (non-hydrogen) atoms. The predicted molar refractivity (Wildman–Crippen MR) is 75.2 cm³/mol. The summed E-state index contributed by atoms with van der Waals surface area (Å²) in [5.74, 6) is 1.71. The molecule has 0 radical (unpaired) electrons. The van der Waals surface area contributed by atoms with E-state index >= 15 is 0 Å². The number of nitrogens with one attached hydrogen (secondary N) is 1. The van der Waals surface area contributed by atoms with Crippen LogP contribution >= 0.6 is 0 Å². The highest BCUT2D eigenvalue weighted by molar-refractivity contribution is 5.95. The van der Waals surface area contributed by atoms with Crippen LogP contribution in [0.15, 0.2) is 18.3 Å². The first kappa shape index (κ1) is 12.5. The van der Waals surface area contributed by atoms with Crippen molar-refractivity contribution in [3.05, 3.63) is 23.9 Å². The summed E-state index contributed by atoms with van der Waals surface area (Å²) in [5.41, 5.74) is 0.763. The first-order valence-corrected chi connectivity index (χ1v) is 7.29. The average Bonchev–Trinajstić information content (AvgIpc) is 3.28. The SMILES string of the molecule is CCNc1cc(C(=O)N(CC2CC2)C2CC2)ccn1. The van der Waals surface area contributed by atoms with Gasteiger partial charge in [0.05, 0.1) is 0 Å². The highest BCUT2D eigenvalue weighted by atomic mass is 16.2. The molecule has 0 aromatic carbocycles. The molecule has 0 spiro atoms. The van der Waals surface area contributed by atoms with E-state index in [2.05, 4.69) is 15.2 Å². The first-order chi connectivity index (χ1) is 9.28. The number of carbonyl (C=O) groups excluding carboxylic acids is 1. The van der Waals surface area contributed by atoms with E-state index in [4.69, 9.17) is 0 Å². The number of anilines is 1. The molecule has 4 heteroatoms. The lowest BCUT2D eigenvalue weighted by atomic mass is 10.2. The first-order valence-electron chi connectivity index (χ1n) is 7.29. The van der Waals surface area contributed by atoms with Gasteiger partial charge in [0.15, 0.2) is 0 Å². The van der Waals surface area contributed by atoms with Gasteiger partial charge in [0.2, 0.25) is 0 Å². The second-order valence-corrected chi connectivity index (χ2v) is 5.59. The van der Waals surface area contributed by atoms with Crippen LogP contribution in [0.3, 0.4) is 0 Å². The van der Waals surface area contributed by atoms with Crippen molar-refractivity contribution in [3.63, 3.8) is 0 Å². The number of pyridine rings is 1. The van der Waals surface area contributed by atoms with Crippen LogP contribution in [0.1, 0.15) is 43.0 Å². The molecule has 1 heterocycles. The monoisotopic (exact) mass is 259 g/mol. The van der Waals surface area contributed by atoms with Gasteiger partial charge in [-0.1, -0.05) is 0 Å². The maximum absolute atomic E-state index is 12.6. The van der Waals surface area contributed by atoms with Crippen molar-refractivity contribution in [2.75, 3.05) is 18.4 Å². The van der Waals surface area contributed by atoms with Crippen molar-refractivity contribution >= 4 is 11.7 Å². The van der Waals surface area contributed by atoms with Gasteiger partial charge in [0.25, 0.3) is 5.91 Å². The Balaban J connectivity index is 1.74. The van der Waals surface area contributed by atoms with Gasteiger partial charge in [-0.05, 0) is 50.7 Å². The number of nitrogens with zero attached hydrogens (tertiary/aromatic N) is 2. The quantitative estimate of drug-likeness (QED) is 0.854. The minimum absolute atomic E-state index is 0.177. The Morgan fingerprint density at radius 2 is 2.21 bits per heavy atom. The zero-order chi connectivity index (χ0) is 13.2. The van der Waals surface area contributed by atoms with E-state index in [1.54, 1.807) is 6.20 Å². The van der Waals surface area contributed by atoms with Crippen molar-refractivity contribution in [1.29, 1.82) is 0 Å². The van der Waals surface area contributed by atoms with Gasteiger partial charge in [-0.25, -0.2) is 4.98 Å². The highest BCUT2D eigenvalue weighted by Gasteiger charge is 2.36. The summed E-state index contributed by atoms with van der Waals surface area (Å²) in [5, 5.41) is 3.16. The van der Waals surface area contributed by atoms with E-state index in [0.717, 1.165) is 30.4 Å². The van der Waals surface area contributed by atoms with Crippen LogP contribution in [0.25, 0.3) is 0 Å². The third kappa shape index (κ3) is 3.06. The van der Waals surface area contributed by atoms with Gasteiger partial charge in [-0.3, -0.25) is 4.79 Å². The molecule has 2 aliphatic rings. The fraction of sp³-hybridized carbons (Fsp3) is 0.600. The van der Waals surface area contributed by atoms with Gasteiger partial charge in [-0.2, -0.15) is 0 Å². The number of hydrogen-bond donors (Lipinski definition) is 1. The molecular weight excluding hydrogens is 238 g/mol. The van der Waals surface area contributed by atoms with Crippen molar-refractivity contribution in [1.82, 2.24) is 9.88 Å². The lowest BCUT2D eigenvalue weighted by Crippen LogP contribution is -2.35. The predicted octanol–water partition coefficient (Wildman–Crippen LogP) is 2.53. The second kappa shape index (κ2) is 5.19. The van der Waals surface area contributed by atoms with Crippen LogP contribution in [0, 0.1) is 5.92 Å². The Kier molecular flexibility index (Phi) is 3.40. The van der Waals surface area contributed by atoms with Gasteiger partial charge < -0.3 is 10.2 Å². The van der Waals surface area contributed by atoms with Crippen LogP contribution in [0.4, 0.5) is 5.82 Å². The lowest BCUT2D eigenvalue weighted by molar-refractivity contribution is 0.0734. The van der Waals surface area contributed by atoms with Crippen molar-refractivity contribution in [2.24, 2.45) is 5.92 Å². The number of hydrogen-bond acceptors (Lipinski definition) is 3. The van der Waals surface area contributed by atoms with Crippen LogP contribution in [-0.4, -0.2) is 34.9 Å². The van der Waals surface area contributed by atoms with Gasteiger partial charge in [-0.15, -0.1) is 0 Å². The summed E-state index contributed by atoms with van der Waals surface area (Å²) in [7, 11) is 0. The van der Waals surface area contributed by atoms with E-state index in [1.807, 2.05) is 19.1 Å². The molecule has 2 aliphatic carbocycles. The molecule has 0 saturated heterocycles. The summed E-state index contributed by atoms with van der Waals surface area (Å²) in [6.45, 7) is 3.79. The Morgan fingerprint density at radius 3 is 2.84 bits per heavy atom. The Bertz CT molecular complexity index is 466. The van der Waals surface area contributed by atoms with Gasteiger partial charge in [0, 0.05) is 30.9 Å². The summed E-state index contributed by atoms with van der Waals surface area (Å²) in [4.78, 5) is 18.9. The molecule has 0 aliphatic heterocycles. The third-order valence-corrected chi connectivity index (χ3v) is 3.77. The van der Waals surface area contributed by atoms with E-state index in [0.29, 0.717) is 6.04 Å². The van der Waals surface area contributed by atoms with E-state index in [9.17, 15) is 4.79 Å². The Labute approximate surface area is 114 Å². The van der Waals surface area contributed by atoms with Gasteiger partial charge >= 0.3 is 0 Å². The second-order valence-electron chi connectivity index (χ2n) is 5.59. The van der Waals surface area contributed by atoms with E-state index in [-0.39, 0.29) is 5.91 Å². The molecule has 4 nitrogen and oxygen atoms in total. The topological polar surface area (TPSA) is 45.2 Å². The highest BCUT2D eigenvalue weighted by Crippen LogP contribution is 2.35. The summed E-state index contributed by atoms with van der Waals surface area (Å²) in [6.07, 6.45) is 6.63. The maximum atomic E-state index is 12.6. The molecule has 0 unspecified atom stereocenters. The number of carbonyl (C=O) groups is 1. The van der Waals surface area contributed by atoms with Crippen molar-refractivity contribution in [2.45, 2.75) is 38.6 Å². The largest absolute Gasteiger partial charge is 0.370 e. The summed E-state index contributed by atoms with van der Waals surface area (Å²) >= 11 is 0. The molecule has 1 aromatic heterocycles. The molecule has 0 atom stereocenters. The average molecular weight is 259 g/mol. The van der Waals surface area contributed by atoms with E-state index in [1.165, 1.54) is 25.7 Å². The minimum Gasteiger partial charge on any atom is -0.370 e. The number of aromatic nitrogens is 1. The zero-order valence-electron chi connectivity index (χ0n) is 11.4. The molecule has 1 aromatic rings. The zero-order valence-corrected chi connectivity index (χ0v) is 11.4. The van der Waals surface area contributed by atoms with Crippen molar-refractivity contribution in [3.8, 4) is 0 Å². The molecule has 1 amide bonds. The number of rotatable bonds is 6. The normalized spacial score (nSPS) is 18.2. The van der Waals surface area contributed by atoms with Crippen LogP contribution in [-0.2, 0) is 0 Å². The fourth-order valence-electron chi connectivity index (χ4n) is 2.37. The number of amides is 1. The summed E-state index contributed by atoms with van der Waals surface area (Å²) < 4.78 is 0. The van der Waals surface area contributed by atoms with Crippen LogP contribution < -0.4 is 5.32 Å². The van der Waals surface area contributed by atoms with Crippen LogP contribution in [0.2, 0.25) is 0 Å². The minimum atomic E-state index is 0.177. The lowest BCUT2D eigenvalue weighted by Gasteiger charge is -2.22. The van der Waals surface area contributed by atoms with Gasteiger partial charge in [0.1, 0.15) is 5.82 Å². The molecule has 3 rings (SSSR count). The Hall–Kier alpha value is -1.58.